The molecule has 3 aromatic rings. The van der Waals surface area contributed by atoms with Crippen LogP contribution < -0.4 is 35.9 Å². The second-order valence-electron chi connectivity index (χ2n) is 7.34. The van der Waals surface area contributed by atoms with Crippen LogP contribution in [0, 0.1) is 0 Å². The van der Waals surface area contributed by atoms with Gasteiger partial charge in [-0.25, -0.2) is 23.1 Å². The molecule has 0 aliphatic rings. The number of sulfonamides is 1. The van der Waals surface area contributed by atoms with Crippen LogP contribution in [0.2, 0.25) is 0 Å². The van der Waals surface area contributed by atoms with Gasteiger partial charge in [0.25, 0.3) is 0 Å². The molecule has 0 fully saturated rings. The fourth-order valence-electron chi connectivity index (χ4n) is 3.39. The fourth-order valence-corrected chi connectivity index (χ4v) is 4.13. The van der Waals surface area contributed by atoms with Gasteiger partial charge in [0.05, 0.1) is 13.7 Å². The molecule has 1 aromatic heterocycles. The second-order valence-corrected chi connectivity index (χ2v) is 8.87. The molecule has 3 N–H and O–H groups in total. The minimum atomic E-state index is -4.24. The Bertz CT molecular complexity index is 1380. The van der Waals surface area contributed by atoms with Crippen LogP contribution in [0.3, 0.4) is 0 Å². The van der Waals surface area contributed by atoms with Crippen molar-refractivity contribution < 1.29 is 31.5 Å². The quantitative estimate of drug-likeness (QED) is 0.294. The first-order valence-electron chi connectivity index (χ1n) is 10.4. The first-order valence-corrected chi connectivity index (χ1v) is 12.0. The van der Waals surface area contributed by atoms with Crippen LogP contribution >= 0.6 is 0 Å². The maximum absolute atomic E-state index is 12.1. The molecule has 11 nitrogen and oxygen atoms in total. The summed E-state index contributed by atoms with van der Waals surface area (Å²) in [7, 11) is -3.06. The predicted molar refractivity (Wildman–Crippen MR) is 123 cm³/mol. The Kier molecular flexibility index (Phi) is 7.97. The Morgan fingerprint density at radius 2 is 1.68 bits per heavy atom. The maximum atomic E-state index is 12.1. The number of para-hydroxylation sites is 2. The number of ether oxygens (including phenoxy) is 3. The molecule has 1 atom stereocenters. The van der Waals surface area contributed by atoms with Crippen LogP contribution in [0.25, 0.3) is 11.2 Å². The number of hydrogen-bond donors (Lipinski definition) is 2. The lowest BCUT2D eigenvalue weighted by atomic mass is 10.1. The number of primary sulfonamides is 1. The lowest BCUT2D eigenvalue weighted by Crippen LogP contribution is -2.32. The van der Waals surface area contributed by atoms with Gasteiger partial charge in [-0.2, -0.15) is 0 Å². The van der Waals surface area contributed by atoms with Gasteiger partial charge in [0.15, 0.2) is 22.8 Å². The number of nitrogens with two attached hydrogens (primary N) is 1. The average Bonchev–Trinajstić information content (AvgIpc) is 2.78. The highest BCUT2D eigenvalue weighted by molar-refractivity contribution is 7.89. The first-order chi connectivity index (χ1) is 16.2. The second kappa shape index (κ2) is 10.7. The standard InChI is InChI=1S/C22H26N2O9S/c1-4-30-15-7-5-6-8-16(15)31-10-9-24-13(2)11-14-12-17(34(23,27)28)19(29-3)20-18(14)32-21(25)22(26)33-20/h5-8,12-13,24H,4,9-11H2,1-3H3,(H2,23,27,28)/t13-/m1/s1. The third-order valence-electron chi connectivity index (χ3n) is 4.83. The van der Waals surface area contributed by atoms with E-state index in [0.29, 0.717) is 36.8 Å². The van der Waals surface area contributed by atoms with Gasteiger partial charge in [0.2, 0.25) is 15.6 Å². The summed E-state index contributed by atoms with van der Waals surface area (Å²) in [4.78, 5) is 23.1. The molecular weight excluding hydrogens is 468 g/mol. The molecule has 0 unspecified atom stereocenters. The van der Waals surface area contributed by atoms with E-state index >= 15 is 0 Å². The van der Waals surface area contributed by atoms with Gasteiger partial charge in [-0.15, -0.1) is 0 Å². The minimum Gasteiger partial charge on any atom is -0.491 e. The number of rotatable bonds is 11. The highest BCUT2D eigenvalue weighted by Gasteiger charge is 2.25. The molecular formula is C22H26N2O9S. The van der Waals surface area contributed by atoms with Gasteiger partial charge < -0.3 is 28.4 Å². The number of benzene rings is 2. The lowest BCUT2D eigenvalue weighted by Gasteiger charge is -2.17. The largest absolute Gasteiger partial charge is 0.491 e. The Hall–Kier alpha value is -3.35. The van der Waals surface area contributed by atoms with Gasteiger partial charge in [0.1, 0.15) is 11.5 Å². The van der Waals surface area contributed by atoms with E-state index in [1.54, 1.807) is 0 Å². The summed E-state index contributed by atoms with van der Waals surface area (Å²) in [5.41, 5.74) is -2.62. The van der Waals surface area contributed by atoms with E-state index < -0.39 is 26.2 Å². The maximum Gasteiger partial charge on any atom is 0.423 e. The molecule has 3 rings (SSSR count). The summed E-state index contributed by atoms with van der Waals surface area (Å²) < 4.78 is 50.7. The molecule has 0 saturated heterocycles. The molecule has 0 spiro atoms. The smallest absolute Gasteiger partial charge is 0.423 e. The minimum absolute atomic E-state index is 0.0932. The van der Waals surface area contributed by atoms with E-state index in [4.69, 9.17) is 28.2 Å². The highest BCUT2D eigenvalue weighted by atomic mass is 32.2. The molecule has 0 radical (unpaired) electrons. The van der Waals surface area contributed by atoms with E-state index in [0.717, 1.165) is 0 Å². The van der Waals surface area contributed by atoms with Gasteiger partial charge in [-0.3, -0.25) is 0 Å². The highest BCUT2D eigenvalue weighted by Crippen LogP contribution is 2.34. The van der Waals surface area contributed by atoms with Crippen molar-refractivity contribution in [1.29, 1.82) is 0 Å². The summed E-state index contributed by atoms with van der Waals surface area (Å²) in [5, 5.41) is 8.56. The van der Waals surface area contributed by atoms with Gasteiger partial charge >= 0.3 is 11.3 Å². The van der Waals surface area contributed by atoms with E-state index in [-0.39, 0.29) is 29.4 Å². The van der Waals surface area contributed by atoms with E-state index in [1.807, 2.05) is 38.1 Å². The van der Waals surface area contributed by atoms with Crippen LogP contribution in [0.5, 0.6) is 17.2 Å². The zero-order valence-electron chi connectivity index (χ0n) is 19.0. The summed E-state index contributed by atoms with van der Waals surface area (Å²) in [6.07, 6.45) is 0.217. The van der Waals surface area contributed by atoms with Crippen molar-refractivity contribution >= 4 is 21.2 Å². The van der Waals surface area contributed by atoms with Gasteiger partial charge in [0, 0.05) is 18.2 Å². The molecule has 12 heteroatoms. The molecule has 0 saturated carbocycles. The molecule has 0 aliphatic heterocycles. The molecule has 34 heavy (non-hydrogen) atoms. The summed E-state index contributed by atoms with van der Waals surface area (Å²) in [6.45, 7) is 5.04. The molecule has 1 heterocycles. The van der Waals surface area contributed by atoms with Crippen molar-refractivity contribution in [3.05, 3.63) is 56.7 Å². The van der Waals surface area contributed by atoms with Crippen molar-refractivity contribution in [3.8, 4) is 17.2 Å². The molecule has 0 aliphatic carbocycles. The van der Waals surface area contributed by atoms with Crippen molar-refractivity contribution in [2.75, 3.05) is 26.9 Å². The summed E-state index contributed by atoms with van der Waals surface area (Å²) in [6, 6.07) is 8.35. The third kappa shape index (κ3) is 5.76. The van der Waals surface area contributed by atoms with Crippen molar-refractivity contribution in [2.45, 2.75) is 31.2 Å². The zero-order chi connectivity index (χ0) is 24.9. The normalized spacial score (nSPS) is 12.5. The summed E-state index contributed by atoms with van der Waals surface area (Å²) in [5.74, 6) is 0.952. The van der Waals surface area contributed by atoms with E-state index in [1.165, 1.54) is 13.2 Å². The van der Waals surface area contributed by atoms with Gasteiger partial charge in [-0.05, 0) is 38.5 Å². The monoisotopic (exact) mass is 494 g/mol. The van der Waals surface area contributed by atoms with Crippen LogP contribution in [-0.2, 0) is 16.4 Å². The molecule has 0 amide bonds. The van der Waals surface area contributed by atoms with Crippen molar-refractivity contribution in [1.82, 2.24) is 5.32 Å². The van der Waals surface area contributed by atoms with Crippen molar-refractivity contribution in [3.63, 3.8) is 0 Å². The third-order valence-corrected chi connectivity index (χ3v) is 5.74. The van der Waals surface area contributed by atoms with Crippen LogP contribution in [-0.4, -0.2) is 41.3 Å². The van der Waals surface area contributed by atoms with Crippen molar-refractivity contribution in [2.24, 2.45) is 5.14 Å². The Balaban J connectivity index is 1.79. The zero-order valence-corrected chi connectivity index (χ0v) is 19.8. The number of hydrogen-bond acceptors (Lipinski definition) is 10. The van der Waals surface area contributed by atoms with Crippen LogP contribution in [0.1, 0.15) is 19.4 Å². The number of nitrogens with one attached hydrogen (secondary N) is 1. The molecule has 2 aromatic carbocycles. The van der Waals surface area contributed by atoms with E-state index in [9.17, 15) is 18.0 Å². The number of fused-ring (bicyclic) bond motifs is 1. The Morgan fingerprint density at radius 1 is 1.06 bits per heavy atom. The predicted octanol–water partition coefficient (Wildman–Crippen LogP) is 1.40. The lowest BCUT2D eigenvalue weighted by molar-refractivity contribution is 0.272. The molecule has 184 valence electrons. The molecule has 0 bridgehead atoms. The SMILES string of the molecule is CCOc1ccccc1OCCN[C@H](C)Cc1cc(S(N)(=O)=O)c(OC)c2oc(=O)c(=O)oc12. The first kappa shape index (κ1) is 25.3. The Morgan fingerprint density at radius 3 is 2.26 bits per heavy atom. The Labute approximate surface area is 195 Å². The van der Waals surface area contributed by atoms with Crippen LogP contribution in [0.15, 0.2) is 53.7 Å². The fraction of sp³-hybridized carbons (Fsp3) is 0.364. The number of methoxy groups -OCH3 is 1. The van der Waals surface area contributed by atoms with E-state index in [2.05, 4.69) is 5.32 Å². The average molecular weight is 495 g/mol. The van der Waals surface area contributed by atoms with Gasteiger partial charge in [-0.1, -0.05) is 12.1 Å². The topological polar surface area (TPSA) is 160 Å². The summed E-state index contributed by atoms with van der Waals surface area (Å²) >= 11 is 0. The van der Waals surface area contributed by atoms with Crippen LogP contribution in [0.4, 0.5) is 0 Å².